The molecule has 0 radical (unpaired) electrons. The molecule has 0 bridgehead atoms. The molecule has 0 spiro atoms. The number of halogens is 2. The molecule has 1 nitrogen and oxygen atoms in total. The van der Waals surface area contributed by atoms with E-state index >= 15 is 0 Å². The Morgan fingerprint density at radius 1 is 1.00 bits per heavy atom. The first-order valence-corrected chi connectivity index (χ1v) is 7.37. The van der Waals surface area contributed by atoms with Crippen LogP contribution in [0.5, 0.6) is 5.75 Å². The standard InChI is InChI=1S/C15H14Br2O/c1-10(2)18-15-13(8-12(16)9-14(15)17)11-6-4-3-5-7-11/h3-10H,1-2H3. The summed E-state index contributed by atoms with van der Waals surface area (Å²) in [6.45, 7) is 4.06. The van der Waals surface area contributed by atoms with Gasteiger partial charge in [-0.2, -0.15) is 0 Å². The van der Waals surface area contributed by atoms with Crippen molar-refractivity contribution in [2.24, 2.45) is 0 Å². The minimum Gasteiger partial charge on any atom is -0.489 e. The van der Waals surface area contributed by atoms with Gasteiger partial charge in [0.1, 0.15) is 5.75 Å². The SMILES string of the molecule is CC(C)Oc1c(Br)cc(Br)cc1-c1ccccc1. The van der Waals surface area contributed by atoms with Crippen LogP contribution < -0.4 is 4.74 Å². The van der Waals surface area contributed by atoms with Gasteiger partial charge in [0, 0.05) is 10.0 Å². The van der Waals surface area contributed by atoms with Gasteiger partial charge < -0.3 is 4.74 Å². The molecule has 94 valence electrons. The molecule has 0 aliphatic carbocycles. The molecule has 0 heterocycles. The van der Waals surface area contributed by atoms with Gasteiger partial charge >= 0.3 is 0 Å². The number of hydrogen-bond donors (Lipinski definition) is 0. The van der Waals surface area contributed by atoms with Gasteiger partial charge in [-0.3, -0.25) is 0 Å². The van der Waals surface area contributed by atoms with Crippen LogP contribution in [0.3, 0.4) is 0 Å². The monoisotopic (exact) mass is 368 g/mol. The highest BCUT2D eigenvalue weighted by molar-refractivity contribution is 9.11. The second kappa shape index (κ2) is 5.89. The predicted octanol–water partition coefficient (Wildman–Crippen LogP) is 5.67. The Kier molecular flexibility index (Phi) is 4.46. The predicted molar refractivity (Wildman–Crippen MR) is 83.0 cm³/mol. The molecule has 18 heavy (non-hydrogen) atoms. The van der Waals surface area contributed by atoms with Crippen molar-refractivity contribution in [3.05, 3.63) is 51.4 Å². The zero-order valence-electron chi connectivity index (χ0n) is 10.3. The van der Waals surface area contributed by atoms with Crippen molar-refractivity contribution in [2.45, 2.75) is 20.0 Å². The van der Waals surface area contributed by atoms with Crippen molar-refractivity contribution in [3.8, 4) is 16.9 Å². The summed E-state index contributed by atoms with van der Waals surface area (Å²) in [6.07, 6.45) is 0.143. The summed E-state index contributed by atoms with van der Waals surface area (Å²) in [6, 6.07) is 14.3. The van der Waals surface area contributed by atoms with E-state index in [2.05, 4.69) is 50.1 Å². The second-order valence-corrected chi connectivity index (χ2v) is 6.07. The summed E-state index contributed by atoms with van der Waals surface area (Å²) in [5, 5.41) is 0. The molecule has 0 amide bonds. The highest BCUT2D eigenvalue weighted by atomic mass is 79.9. The molecule has 0 saturated heterocycles. The zero-order valence-corrected chi connectivity index (χ0v) is 13.5. The fourth-order valence-electron chi connectivity index (χ4n) is 1.75. The van der Waals surface area contributed by atoms with Crippen molar-refractivity contribution in [2.75, 3.05) is 0 Å². The lowest BCUT2D eigenvalue weighted by Gasteiger charge is -2.16. The van der Waals surface area contributed by atoms with Crippen LogP contribution in [0.2, 0.25) is 0 Å². The fraction of sp³-hybridized carbons (Fsp3) is 0.200. The number of ether oxygens (including phenoxy) is 1. The quantitative estimate of drug-likeness (QED) is 0.677. The van der Waals surface area contributed by atoms with Crippen LogP contribution in [0.25, 0.3) is 11.1 Å². The van der Waals surface area contributed by atoms with Crippen molar-refractivity contribution >= 4 is 31.9 Å². The summed E-state index contributed by atoms with van der Waals surface area (Å²) < 4.78 is 7.91. The summed E-state index contributed by atoms with van der Waals surface area (Å²) >= 11 is 7.09. The normalized spacial score (nSPS) is 10.7. The molecule has 0 N–H and O–H groups in total. The van der Waals surface area contributed by atoms with Gasteiger partial charge in [0.2, 0.25) is 0 Å². The molecule has 0 saturated carbocycles. The number of rotatable bonds is 3. The van der Waals surface area contributed by atoms with Crippen LogP contribution in [0.15, 0.2) is 51.4 Å². The van der Waals surface area contributed by atoms with Crippen LogP contribution >= 0.6 is 31.9 Å². The van der Waals surface area contributed by atoms with Gasteiger partial charge in [-0.15, -0.1) is 0 Å². The molecule has 0 unspecified atom stereocenters. The fourth-order valence-corrected chi connectivity index (χ4v) is 3.07. The maximum absolute atomic E-state index is 5.92. The molecule has 2 aromatic rings. The Bertz CT molecular complexity index is 536. The van der Waals surface area contributed by atoms with Crippen LogP contribution in [0.1, 0.15) is 13.8 Å². The second-order valence-electron chi connectivity index (χ2n) is 4.30. The first-order valence-electron chi connectivity index (χ1n) is 5.79. The van der Waals surface area contributed by atoms with Crippen LogP contribution in [-0.4, -0.2) is 6.10 Å². The van der Waals surface area contributed by atoms with Crippen molar-refractivity contribution < 1.29 is 4.74 Å². The highest BCUT2D eigenvalue weighted by Gasteiger charge is 2.13. The Hall–Kier alpha value is -0.800. The molecule has 0 fully saturated rings. The van der Waals surface area contributed by atoms with Gasteiger partial charge in [-0.05, 0) is 47.5 Å². The Balaban J connectivity index is 2.57. The van der Waals surface area contributed by atoms with E-state index in [1.54, 1.807) is 0 Å². The summed E-state index contributed by atoms with van der Waals surface area (Å²) in [5.41, 5.74) is 2.24. The lowest BCUT2D eigenvalue weighted by molar-refractivity contribution is 0.242. The van der Waals surface area contributed by atoms with E-state index in [-0.39, 0.29) is 6.10 Å². The van der Waals surface area contributed by atoms with Gasteiger partial charge in [-0.1, -0.05) is 46.3 Å². The van der Waals surface area contributed by atoms with Gasteiger partial charge in [0.15, 0.2) is 0 Å². The van der Waals surface area contributed by atoms with E-state index in [0.717, 1.165) is 25.8 Å². The molecule has 2 aromatic carbocycles. The van der Waals surface area contributed by atoms with Gasteiger partial charge in [-0.25, -0.2) is 0 Å². The summed E-state index contributed by atoms with van der Waals surface area (Å²) in [7, 11) is 0. The third-order valence-corrected chi connectivity index (χ3v) is 3.49. The smallest absolute Gasteiger partial charge is 0.141 e. The molecule has 0 aliphatic rings. The molecule has 2 rings (SSSR count). The minimum absolute atomic E-state index is 0.143. The number of benzene rings is 2. The first-order chi connectivity index (χ1) is 8.58. The van der Waals surface area contributed by atoms with E-state index in [0.29, 0.717) is 0 Å². The number of hydrogen-bond acceptors (Lipinski definition) is 1. The van der Waals surface area contributed by atoms with Crippen LogP contribution in [-0.2, 0) is 0 Å². The Morgan fingerprint density at radius 3 is 2.28 bits per heavy atom. The van der Waals surface area contributed by atoms with Crippen molar-refractivity contribution in [1.82, 2.24) is 0 Å². The van der Waals surface area contributed by atoms with Gasteiger partial charge in [0.05, 0.1) is 10.6 Å². The third-order valence-electron chi connectivity index (χ3n) is 2.45. The molecule has 0 atom stereocenters. The summed E-state index contributed by atoms with van der Waals surface area (Å²) in [5.74, 6) is 0.888. The largest absolute Gasteiger partial charge is 0.489 e. The molecular formula is C15H14Br2O. The van der Waals surface area contributed by atoms with E-state index < -0.39 is 0 Å². The molecule has 0 aliphatic heterocycles. The van der Waals surface area contributed by atoms with Gasteiger partial charge in [0.25, 0.3) is 0 Å². The third kappa shape index (κ3) is 3.15. The maximum atomic E-state index is 5.92. The summed E-state index contributed by atoms with van der Waals surface area (Å²) in [4.78, 5) is 0. The van der Waals surface area contributed by atoms with E-state index in [4.69, 9.17) is 4.74 Å². The van der Waals surface area contributed by atoms with Crippen LogP contribution in [0.4, 0.5) is 0 Å². The Labute approximate surface area is 124 Å². The average Bonchev–Trinajstić information content (AvgIpc) is 2.33. The highest BCUT2D eigenvalue weighted by Crippen LogP contribution is 2.39. The van der Waals surface area contributed by atoms with E-state index in [9.17, 15) is 0 Å². The molecule has 0 aromatic heterocycles. The van der Waals surface area contributed by atoms with Crippen molar-refractivity contribution in [3.63, 3.8) is 0 Å². The van der Waals surface area contributed by atoms with Crippen LogP contribution in [0, 0.1) is 0 Å². The van der Waals surface area contributed by atoms with E-state index in [1.807, 2.05) is 38.1 Å². The Morgan fingerprint density at radius 2 is 1.67 bits per heavy atom. The topological polar surface area (TPSA) is 9.23 Å². The van der Waals surface area contributed by atoms with E-state index in [1.165, 1.54) is 0 Å². The average molecular weight is 370 g/mol. The minimum atomic E-state index is 0.143. The first kappa shape index (κ1) is 13.6. The maximum Gasteiger partial charge on any atom is 0.141 e. The lowest BCUT2D eigenvalue weighted by atomic mass is 10.0. The molecule has 3 heteroatoms. The molecular weight excluding hydrogens is 356 g/mol. The zero-order chi connectivity index (χ0) is 13.1. The van der Waals surface area contributed by atoms with Crippen molar-refractivity contribution in [1.29, 1.82) is 0 Å². The lowest BCUT2D eigenvalue weighted by Crippen LogP contribution is -2.07.